The Balaban J connectivity index is 1.54. The first kappa shape index (κ1) is 31.2. The molecule has 4 rings (SSSR count). The van der Waals surface area contributed by atoms with Crippen LogP contribution in [-0.2, 0) is 49.4 Å². The maximum absolute atomic E-state index is 12.0. The largest absolute Gasteiger partial charge is 0.713 e. The molecule has 2 aromatic carbocycles. The lowest BCUT2D eigenvalue weighted by Gasteiger charge is -2.31. The van der Waals surface area contributed by atoms with Crippen LogP contribution in [-0.4, -0.2) is 88.2 Å². The van der Waals surface area contributed by atoms with Crippen molar-refractivity contribution in [2.24, 2.45) is 0 Å². The molecule has 0 saturated carbocycles. The van der Waals surface area contributed by atoms with Crippen LogP contribution in [0.1, 0.15) is 22.3 Å². The van der Waals surface area contributed by atoms with Gasteiger partial charge in [0.15, 0.2) is 0 Å². The molecule has 0 saturated heterocycles. The quantitative estimate of drug-likeness (QED) is 0.160. The van der Waals surface area contributed by atoms with Gasteiger partial charge >= 0.3 is 29.6 Å². The minimum atomic E-state index is -4.50. The molecule has 0 aromatic heterocycles. The summed E-state index contributed by atoms with van der Waals surface area (Å²) in [5.74, 6) is 0.968. The number of rotatable bonds is 13. The van der Waals surface area contributed by atoms with Crippen LogP contribution in [0.25, 0.3) is 0 Å². The number of fused-ring (bicyclic) bond motifs is 2. The third-order valence-electron chi connectivity index (χ3n) is 6.25. The lowest BCUT2D eigenvalue weighted by molar-refractivity contribution is 0.137. The number of aliphatic hydroxyl groups is 1. The minimum Gasteiger partial charge on any atom is -0.534 e. The molecule has 14 nitrogen and oxygen atoms in total. The number of benzene rings is 2. The van der Waals surface area contributed by atoms with Crippen LogP contribution in [0.2, 0.25) is 0 Å². The molecular formula is C22H32B2N2O12P2. The highest BCUT2D eigenvalue weighted by Gasteiger charge is 2.32. The fourth-order valence-electron chi connectivity index (χ4n) is 4.58. The fraction of sp³-hybridized carbons (Fsp3) is 0.455. The predicted molar refractivity (Wildman–Crippen MR) is 144 cm³/mol. The van der Waals surface area contributed by atoms with Crippen molar-refractivity contribution in [1.82, 2.24) is 9.80 Å². The summed E-state index contributed by atoms with van der Waals surface area (Å²) in [5.41, 5.74) is 2.77. The molecule has 0 aliphatic carbocycles. The topological polar surface area (TPSA) is 188 Å². The second-order valence-corrected chi connectivity index (χ2v) is 12.7. The van der Waals surface area contributed by atoms with Gasteiger partial charge in [-0.1, -0.05) is 36.4 Å². The van der Waals surface area contributed by atoms with E-state index < -0.39 is 42.2 Å². The summed E-state index contributed by atoms with van der Waals surface area (Å²) in [6.45, 7) is 0.386. The zero-order chi connectivity index (χ0) is 28.9. The summed E-state index contributed by atoms with van der Waals surface area (Å²) in [6, 6.07) is 10.7. The SMILES string of the molecule is COB1OCc2cccc(CN(CCN(Cc3cccc4c3OB(CO)OC4)CP(=O)(O)O)CP(=O)(O)O)c2O1. The molecule has 0 atom stereocenters. The molecule has 0 radical (unpaired) electrons. The van der Waals surface area contributed by atoms with E-state index in [4.69, 9.17) is 23.3 Å². The Labute approximate surface area is 232 Å². The van der Waals surface area contributed by atoms with Crippen molar-refractivity contribution < 1.29 is 57.1 Å². The zero-order valence-corrected chi connectivity index (χ0v) is 23.7. The minimum absolute atomic E-state index is 0.0639. The van der Waals surface area contributed by atoms with Gasteiger partial charge in [-0.25, -0.2) is 0 Å². The van der Waals surface area contributed by atoms with Gasteiger partial charge in [0.2, 0.25) is 0 Å². The summed E-state index contributed by atoms with van der Waals surface area (Å²) in [5, 5.41) is 9.45. The summed E-state index contributed by atoms with van der Waals surface area (Å²) in [4.78, 5) is 42.1. The van der Waals surface area contributed by atoms with Gasteiger partial charge in [-0.3, -0.25) is 18.9 Å². The molecule has 0 unspecified atom stereocenters. The van der Waals surface area contributed by atoms with Gasteiger partial charge in [0.25, 0.3) is 0 Å². The molecule has 0 bridgehead atoms. The van der Waals surface area contributed by atoms with Crippen LogP contribution in [0.15, 0.2) is 36.4 Å². The number of hydrogen-bond acceptors (Lipinski definition) is 10. The summed E-state index contributed by atoms with van der Waals surface area (Å²) < 4.78 is 51.5. The summed E-state index contributed by atoms with van der Waals surface area (Å²) >= 11 is 0. The van der Waals surface area contributed by atoms with Crippen molar-refractivity contribution in [3.8, 4) is 11.5 Å². The van der Waals surface area contributed by atoms with Gasteiger partial charge in [0, 0.05) is 55.5 Å². The molecule has 0 amide bonds. The van der Waals surface area contributed by atoms with Crippen molar-refractivity contribution >= 4 is 29.6 Å². The fourth-order valence-corrected chi connectivity index (χ4v) is 6.11. The second-order valence-electron chi connectivity index (χ2n) is 9.52. The molecule has 18 heteroatoms. The third-order valence-corrected chi connectivity index (χ3v) is 7.79. The van der Waals surface area contributed by atoms with Crippen LogP contribution >= 0.6 is 15.2 Å². The maximum atomic E-state index is 12.0. The Kier molecular flexibility index (Phi) is 10.5. The van der Waals surface area contributed by atoms with Gasteiger partial charge in [-0.2, -0.15) is 0 Å². The average Bonchev–Trinajstić information content (AvgIpc) is 2.89. The smallest absolute Gasteiger partial charge is 0.534 e. The monoisotopic (exact) mass is 600 g/mol. The third kappa shape index (κ3) is 8.86. The average molecular weight is 600 g/mol. The van der Waals surface area contributed by atoms with E-state index in [0.717, 1.165) is 11.1 Å². The van der Waals surface area contributed by atoms with E-state index in [9.17, 15) is 33.8 Å². The molecule has 2 heterocycles. The molecule has 2 aliphatic heterocycles. The number of hydrogen-bond donors (Lipinski definition) is 5. The second kappa shape index (κ2) is 13.5. The normalized spacial score (nSPS) is 15.6. The zero-order valence-electron chi connectivity index (χ0n) is 21.9. The Morgan fingerprint density at radius 1 is 0.825 bits per heavy atom. The van der Waals surface area contributed by atoms with Crippen LogP contribution in [0.3, 0.4) is 0 Å². The lowest BCUT2D eigenvalue weighted by Crippen LogP contribution is -2.38. The van der Waals surface area contributed by atoms with Crippen LogP contribution in [0.4, 0.5) is 0 Å². The predicted octanol–water partition coefficient (Wildman–Crippen LogP) is 0.730. The van der Waals surface area contributed by atoms with E-state index in [1.165, 1.54) is 16.9 Å². The van der Waals surface area contributed by atoms with Crippen molar-refractivity contribution in [3.05, 3.63) is 58.7 Å². The highest BCUT2D eigenvalue weighted by molar-refractivity contribution is 7.51. The van der Waals surface area contributed by atoms with Crippen molar-refractivity contribution in [2.45, 2.75) is 26.3 Å². The van der Waals surface area contributed by atoms with Crippen LogP contribution < -0.4 is 9.31 Å². The first-order chi connectivity index (χ1) is 18.9. The van der Waals surface area contributed by atoms with E-state index in [-0.39, 0.29) is 45.9 Å². The van der Waals surface area contributed by atoms with Crippen molar-refractivity contribution in [1.29, 1.82) is 0 Å². The van der Waals surface area contributed by atoms with E-state index in [0.29, 0.717) is 22.6 Å². The van der Waals surface area contributed by atoms with Gasteiger partial charge in [0.1, 0.15) is 24.1 Å². The Hall–Kier alpha value is -1.77. The highest BCUT2D eigenvalue weighted by Crippen LogP contribution is 2.39. The van der Waals surface area contributed by atoms with E-state index >= 15 is 0 Å². The summed E-state index contributed by atoms with van der Waals surface area (Å²) in [7, 11) is -9.34. The molecule has 0 fully saturated rings. The summed E-state index contributed by atoms with van der Waals surface area (Å²) in [6.07, 6.45) is -1.17. The molecule has 218 valence electrons. The number of para-hydroxylation sites is 2. The van der Waals surface area contributed by atoms with Crippen LogP contribution in [0.5, 0.6) is 11.5 Å². The molecule has 2 aromatic rings. The van der Waals surface area contributed by atoms with Gasteiger partial charge in [-0.05, 0) is 0 Å². The van der Waals surface area contributed by atoms with Gasteiger partial charge < -0.3 is 48.0 Å². The van der Waals surface area contributed by atoms with Gasteiger partial charge in [-0.15, -0.1) is 0 Å². The molecule has 0 spiro atoms. The number of nitrogens with zero attached hydrogens (tertiary/aromatic N) is 2. The Bertz CT molecular complexity index is 1170. The Morgan fingerprint density at radius 3 is 1.80 bits per heavy atom. The molecule has 5 N–H and O–H groups in total. The van der Waals surface area contributed by atoms with E-state index in [1.807, 2.05) is 6.07 Å². The highest BCUT2D eigenvalue weighted by atomic mass is 31.2. The van der Waals surface area contributed by atoms with Crippen molar-refractivity contribution in [3.63, 3.8) is 0 Å². The van der Waals surface area contributed by atoms with Crippen LogP contribution in [0, 0.1) is 0 Å². The Morgan fingerprint density at radius 2 is 1.32 bits per heavy atom. The first-order valence-electron chi connectivity index (χ1n) is 12.4. The molecule has 2 aliphatic rings. The molecular weight excluding hydrogens is 568 g/mol. The maximum Gasteiger partial charge on any atom is 0.713 e. The standard InChI is InChI=1S/C22H32B2N2O12P2/c1-34-24-36-13-20-7-3-5-18(22(20)38-24)11-26(16-40(31,32)33)9-8-25(15-39(28,29)30)10-17-4-2-6-19-12-35-23(14-27)37-21(17)19/h2-7,27H,8-16H2,1H3,(H2,28,29,30)(H2,31,32,33). The molecule has 40 heavy (non-hydrogen) atoms. The van der Waals surface area contributed by atoms with E-state index in [1.54, 1.807) is 30.3 Å². The lowest BCUT2D eigenvalue weighted by atomic mass is 9.89. The van der Waals surface area contributed by atoms with Crippen molar-refractivity contribution in [2.75, 3.05) is 39.3 Å². The van der Waals surface area contributed by atoms with Gasteiger partial charge in [0.05, 0.1) is 19.7 Å². The first-order valence-corrected chi connectivity index (χ1v) is 16.0. The van der Waals surface area contributed by atoms with E-state index in [2.05, 4.69) is 0 Å². The number of aliphatic hydroxyl groups excluding tert-OH is 1.